The van der Waals surface area contributed by atoms with Gasteiger partial charge in [-0.3, -0.25) is 9.48 Å². The average Bonchev–Trinajstić information content (AvgIpc) is 3.05. The number of benzene rings is 2. The quantitative estimate of drug-likeness (QED) is 0.578. The molecule has 2 aromatic carbocycles. The maximum Gasteiger partial charge on any atom is 0.221 e. The minimum absolute atomic E-state index is 0.0764. The lowest BCUT2D eigenvalue weighted by Gasteiger charge is -2.32. The zero-order valence-electron chi connectivity index (χ0n) is 16.9. The van der Waals surface area contributed by atoms with Crippen LogP contribution in [0.4, 0.5) is 11.4 Å². The Hall–Kier alpha value is -2.73. The molecule has 1 aliphatic rings. The van der Waals surface area contributed by atoms with Crippen LogP contribution in [0.25, 0.3) is 0 Å². The monoisotopic (exact) mass is 406 g/mol. The Labute approximate surface area is 176 Å². The highest BCUT2D eigenvalue weighted by Crippen LogP contribution is 2.47. The number of fused-ring (bicyclic) bond motifs is 2. The Bertz CT molecular complexity index is 968. The molecule has 0 unspecified atom stereocenters. The molecule has 2 heterocycles. The van der Waals surface area contributed by atoms with E-state index in [1.165, 1.54) is 21.2 Å². The Morgan fingerprint density at radius 3 is 2.28 bits per heavy atom. The van der Waals surface area contributed by atoms with Gasteiger partial charge in [0, 0.05) is 41.5 Å². The van der Waals surface area contributed by atoms with Crippen molar-refractivity contribution in [2.75, 3.05) is 18.0 Å². The third-order valence-corrected chi connectivity index (χ3v) is 6.20. The highest BCUT2D eigenvalue weighted by Gasteiger charge is 2.22. The van der Waals surface area contributed by atoms with E-state index < -0.39 is 0 Å². The van der Waals surface area contributed by atoms with Crippen LogP contribution in [0.15, 0.2) is 64.4 Å². The van der Waals surface area contributed by atoms with Gasteiger partial charge in [-0.1, -0.05) is 36.0 Å². The summed E-state index contributed by atoms with van der Waals surface area (Å²) in [4.78, 5) is 17.1. The predicted octanol–water partition coefficient (Wildman–Crippen LogP) is 4.70. The minimum atomic E-state index is 0.0764. The molecule has 1 N–H and O–H groups in total. The van der Waals surface area contributed by atoms with Crippen LogP contribution >= 0.6 is 11.8 Å². The lowest BCUT2D eigenvalue weighted by Crippen LogP contribution is -2.29. The normalized spacial score (nSPS) is 12.4. The second-order valence-electron chi connectivity index (χ2n) is 7.29. The second-order valence-corrected chi connectivity index (χ2v) is 8.38. The number of aromatic nitrogens is 2. The Morgan fingerprint density at radius 2 is 1.66 bits per heavy atom. The molecule has 6 heteroatoms. The van der Waals surface area contributed by atoms with E-state index in [1.807, 2.05) is 36.4 Å². The highest BCUT2D eigenvalue weighted by molar-refractivity contribution is 7.99. The summed E-state index contributed by atoms with van der Waals surface area (Å²) in [7, 11) is 0. The van der Waals surface area contributed by atoms with Gasteiger partial charge in [0.25, 0.3) is 0 Å². The number of aryl methyl sites for hydroxylation is 3. The third kappa shape index (κ3) is 4.48. The first kappa shape index (κ1) is 19.6. The van der Waals surface area contributed by atoms with E-state index in [2.05, 4.69) is 63.8 Å². The van der Waals surface area contributed by atoms with Crippen molar-refractivity contribution in [1.82, 2.24) is 15.1 Å². The number of rotatable bonds is 7. The van der Waals surface area contributed by atoms with Crippen LogP contribution in [0.1, 0.15) is 24.2 Å². The van der Waals surface area contributed by atoms with Crippen molar-refractivity contribution in [1.29, 1.82) is 0 Å². The van der Waals surface area contributed by atoms with E-state index in [9.17, 15) is 4.79 Å². The highest BCUT2D eigenvalue weighted by atomic mass is 32.2. The first-order valence-corrected chi connectivity index (χ1v) is 10.8. The second kappa shape index (κ2) is 8.74. The molecular formula is C23H26N4OS. The zero-order chi connectivity index (χ0) is 20.2. The number of anilines is 2. The van der Waals surface area contributed by atoms with E-state index in [1.54, 1.807) is 0 Å². The summed E-state index contributed by atoms with van der Waals surface area (Å²) in [5.74, 6) is 0.0764. The number of hydrogen-bond acceptors (Lipinski definition) is 4. The van der Waals surface area contributed by atoms with Gasteiger partial charge in [-0.25, -0.2) is 0 Å². The molecule has 0 spiro atoms. The molecule has 0 fully saturated rings. The number of nitrogens with one attached hydrogen (secondary N) is 1. The van der Waals surface area contributed by atoms with Crippen LogP contribution in [0.5, 0.6) is 0 Å². The molecule has 150 valence electrons. The number of para-hydroxylation sites is 2. The molecule has 0 radical (unpaired) electrons. The number of amides is 1. The average molecular weight is 407 g/mol. The van der Waals surface area contributed by atoms with Crippen LogP contribution < -0.4 is 10.2 Å². The first-order chi connectivity index (χ1) is 14.1. The standard InChI is InChI=1S/C23H26N4OS/c1-17-16-18(2)27(25-17)15-12-23(28)24-13-7-14-26-19-8-3-5-10-21(19)29-22-11-6-4-9-20(22)26/h3-6,8-11,16H,7,12-15H2,1-2H3,(H,24,28). The van der Waals surface area contributed by atoms with E-state index in [4.69, 9.17) is 0 Å². The van der Waals surface area contributed by atoms with Gasteiger partial charge < -0.3 is 10.2 Å². The molecule has 0 saturated heterocycles. The van der Waals surface area contributed by atoms with Gasteiger partial charge in [0.1, 0.15) is 0 Å². The van der Waals surface area contributed by atoms with Crippen molar-refractivity contribution in [3.63, 3.8) is 0 Å². The molecule has 4 rings (SSSR count). The van der Waals surface area contributed by atoms with E-state index >= 15 is 0 Å². The first-order valence-electron chi connectivity index (χ1n) is 10.0. The molecule has 0 aliphatic carbocycles. The third-order valence-electron chi connectivity index (χ3n) is 5.07. The molecule has 0 atom stereocenters. The van der Waals surface area contributed by atoms with Gasteiger partial charge >= 0.3 is 0 Å². The summed E-state index contributed by atoms with van der Waals surface area (Å²) in [6, 6.07) is 19.1. The van der Waals surface area contributed by atoms with Crippen LogP contribution in [-0.4, -0.2) is 28.8 Å². The fourth-order valence-electron chi connectivity index (χ4n) is 3.68. The van der Waals surface area contributed by atoms with Gasteiger partial charge in [0.05, 0.1) is 17.1 Å². The summed E-state index contributed by atoms with van der Waals surface area (Å²) in [5.41, 5.74) is 4.57. The lowest BCUT2D eigenvalue weighted by atomic mass is 10.2. The van der Waals surface area contributed by atoms with Gasteiger partial charge in [-0.15, -0.1) is 0 Å². The summed E-state index contributed by atoms with van der Waals surface area (Å²) in [5, 5.41) is 7.47. The molecule has 0 saturated carbocycles. The summed E-state index contributed by atoms with van der Waals surface area (Å²) in [6.45, 7) is 6.15. The van der Waals surface area contributed by atoms with Gasteiger partial charge in [-0.2, -0.15) is 5.10 Å². The largest absolute Gasteiger partial charge is 0.356 e. The fourth-order valence-corrected chi connectivity index (χ4v) is 4.78. The number of carbonyl (C=O) groups excluding carboxylic acids is 1. The molecule has 29 heavy (non-hydrogen) atoms. The Kier molecular flexibility index (Phi) is 5.90. The van der Waals surface area contributed by atoms with Crippen molar-refractivity contribution < 1.29 is 4.79 Å². The summed E-state index contributed by atoms with van der Waals surface area (Å²) in [6.07, 6.45) is 1.34. The van der Waals surface area contributed by atoms with E-state index in [0.717, 1.165) is 24.4 Å². The van der Waals surface area contributed by atoms with Crippen molar-refractivity contribution in [2.24, 2.45) is 0 Å². The molecule has 3 aromatic rings. The predicted molar refractivity (Wildman–Crippen MR) is 118 cm³/mol. The fraction of sp³-hybridized carbons (Fsp3) is 0.304. The molecule has 1 amide bonds. The lowest BCUT2D eigenvalue weighted by molar-refractivity contribution is -0.121. The smallest absolute Gasteiger partial charge is 0.221 e. The number of nitrogens with zero attached hydrogens (tertiary/aromatic N) is 3. The van der Waals surface area contributed by atoms with Gasteiger partial charge in [0.15, 0.2) is 0 Å². The van der Waals surface area contributed by atoms with Crippen molar-refractivity contribution >= 4 is 29.0 Å². The number of hydrogen-bond donors (Lipinski definition) is 1. The maximum atomic E-state index is 12.2. The van der Waals surface area contributed by atoms with Crippen molar-refractivity contribution in [3.05, 3.63) is 66.0 Å². The van der Waals surface area contributed by atoms with E-state index in [0.29, 0.717) is 19.5 Å². The van der Waals surface area contributed by atoms with Crippen LogP contribution in [0.3, 0.4) is 0 Å². The topological polar surface area (TPSA) is 50.2 Å². The SMILES string of the molecule is Cc1cc(C)n(CCC(=O)NCCCN2c3ccccc3Sc3ccccc32)n1. The van der Waals surface area contributed by atoms with Crippen molar-refractivity contribution in [3.8, 4) is 0 Å². The van der Waals surface area contributed by atoms with Gasteiger partial charge in [0.2, 0.25) is 5.91 Å². The Balaban J connectivity index is 1.31. The molecule has 1 aliphatic heterocycles. The van der Waals surface area contributed by atoms with E-state index in [-0.39, 0.29) is 5.91 Å². The van der Waals surface area contributed by atoms with Crippen LogP contribution in [-0.2, 0) is 11.3 Å². The number of carbonyl (C=O) groups is 1. The van der Waals surface area contributed by atoms with Crippen LogP contribution in [0.2, 0.25) is 0 Å². The zero-order valence-corrected chi connectivity index (χ0v) is 17.7. The molecule has 1 aromatic heterocycles. The summed E-state index contributed by atoms with van der Waals surface area (Å²) < 4.78 is 1.90. The van der Waals surface area contributed by atoms with Gasteiger partial charge in [-0.05, 0) is 50.6 Å². The minimum Gasteiger partial charge on any atom is -0.356 e. The maximum absolute atomic E-state index is 12.2. The molecule has 5 nitrogen and oxygen atoms in total. The molecule has 0 bridgehead atoms. The molecular weight excluding hydrogens is 380 g/mol. The van der Waals surface area contributed by atoms with Crippen LogP contribution in [0, 0.1) is 13.8 Å². The summed E-state index contributed by atoms with van der Waals surface area (Å²) >= 11 is 1.82. The van der Waals surface area contributed by atoms with Crippen molar-refractivity contribution in [2.45, 2.75) is 43.0 Å². The Morgan fingerprint density at radius 1 is 1.00 bits per heavy atom.